The molecule has 0 bridgehead atoms. The van der Waals surface area contributed by atoms with Crippen molar-refractivity contribution in [1.82, 2.24) is 4.98 Å². The summed E-state index contributed by atoms with van der Waals surface area (Å²) < 4.78 is 5.09. The van der Waals surface area contributed by atoms with Crippen LogP contribution >= 0.6 is 0 Å². The molecule has 1 heterocycles. The van der Waals surface area contributed by atoms with Gasteiger partial charge >= 0.3 is 0 Å². The van der Waals surface area contributed by atoms with Gasteiger partial charge in [-0.1, -0.05) is 30.3 Å². The molecule has 4 heteroatoms. The topological polar surface area (TPSA) is 51.2 Å². The van der Waals surface area contributed by atoms with E-state index in [1.54, 1.807) is 43.8 Å². The molecule has 0 spiro atoms. The Hall–Kier alpha value is -3.14. The molecule has 0 aliphatic rings. The lowest BCUT2D eigenvalue weighted by molar-refractivity contribution is 0.102. The number of ether oxygens (including phenoxy) is 1. The molecule has 3 aromatic rings. The molecule has 23 heavy (non-hydrogen) atoms. The Morgan fingerprint density at radius 1 is 0.957 bits per heavy atom. The SMILES string of the molecule is COc1ccc(C(=O)Nc2cncc(-c3ccccc3)c2)cc1. The van der Waals surface area contributed by atoms with Crippen LogP contribution in [0.25, 0.3) is 11.1 Å². The van der Waals surface area contributed by atoms with Gasteiger partial charge < -0.3 is 10.1 Å². The van der Waals surface area contributed by atoms with Crippen molar-refractivity contribution < 1.29 is 9.53 Å². The van der Waals surface area contributed by atoms with E-state index >= 15 is 0 Å². The zero-order valence-corrected chi connectivity index (χ0v) is 12.7. The highest BCUT2D eigenvalue weighted by atomic mass is 16.5. The van der Waals surface area contributed by atoms with Crippen LogP contribution in [0.1, 0.15) is 10.4 Å². The quantitative estimate of drug-likeness (QED) is 0.792. The highest BCUT2D eigenvalue weighted by molar-refractivity contribution is 6.04. The first-order chi connectivity index (χ1) is 11.3. The number of amides is 1. The molecule has 2 aromatic carbocycles. The Morgan fingerprint density at radius 3 is 2.39 bits per heavy atom. The van der Waals surface area contributed by atoms with E-state index in [0.29, 0.717) is 17.0 Å². The zero-order chi connectivity index (χ0) is 16.1. The van der Waals surface area contributed by atoms with E-state index in [9.17, 15) is 4.79 Å². The van der Waals surface area contributed by atoms with E-state index in [4.69, 9.17) is 4.74 Å². The average Bonchev–Trinajstić information content (AvgIpc) is 2.63. The Kier molecular flexibility index (Phi) is 4.34. The van der Waals surface area contributed by atoms with Crippen molar-refractivity contribution in [2.75, 3.05) is 12.4 Å². The molecule has 0 aliphatic carbocycles. The molecular formula is C19H16N2O2. The second kappa shape index (κ2) is 6.75. The molecule has 0 radical (unpaired) electrons. The van der Waals surface area contributed by atoms with Gasteiger partial charge in [0, 0.05) is 17.3 Å². The van der Waals surface area contributed by atoms with Crippen LogP contribution in [0.15, 0.2) is 73.1 Å². The molecule has 4 nitrogen and oxygen atoms in total. The Morgan fingerprint density at radius 2 is 1.70 bits per heavy atom. The third-order valence-corrected chi connectivity index (χ3v) is 3.46. The summed E-state index contributed by atoms with van der Waals surface area (Å²) in [7, 11) is 1.59. The Balaban J connectivity index is 1.78. The van der Waals surface area contributed by atoms with Crippen LogP contribution < -0.4 is 10.1 Å². The predicted molar refractivity (Wildman–Crippen MR) is 90.6 cm³/mol. The first-order valence-corrected chi connectivity index (χ1v) is 7.22. The van der Waals surface area contributed by atoms with Crippen molar-refractivity contribution in [2.45, 2.75) is 0 Å². The summed E-state index contributed by atoms with van der Waals surface area (Å²) in [5.74, 6) is 0.536. The number of methoxy groups -OCH3 is 1. The third kappa shape index (κ3) is 3.55. The van der Waals surface area contributed by atoms with E-state index in [1.807, 2.05) is 36.4 Å². The first kappa shape index (κ1) is 14.8. The third-order valence-electron chi connectivity index (χ3n) is 3.46. The molecule has 1 aromatic heterocycles. The number of anilines is 1. The van der Waals surface area contributed by atoms with Crippen LogP contribution in [-0.4, -0.2) is 18.0 Å². The summed E-state index contributed by atoms with van der Waals surface area (Å²) >= 11 is 0. The molecule has 1 N–H and O–H groups in total. The summed E-state index contributed by atoms with van der Waals surface area (Å²) in [6.45, 7) is 0. The standard InChI is InChI=1S/C19H16N2O2/c1-23-18-9-7-15(8-10-18)19(22)21-17-11-16(12-20-13-17)14-5-3-2-4-6-14/h2-13H,1H3,(H,21,22). The number of hydrogen-bond acceptors (Lipinski definition) is 3. The maximum Gasteiger partial charge on any atom is 0.255 e. The summed E-state index contributed by atoms with van der Waals surface area (Å²) in [5.41, 5.74) is 3.24. The summed E-state index contributed by atoms with van der Waals surface area (Å²) in [4.78, 5) is 16.5. The fourth-order valence-corrected chi connectivity index (χ4v) is 2.24. The second-order valence-electron chi connectivity index (χ2n) is 5.01. The molecular weight excluding hydrogens is 288 g/mol. The lowest BCUT2D eigenvalue weighted by Crippen LogP contribution is -2.11. The number of aromatic nitrogens is 1. The number of nitrogens with zero attached hydrogens (tertiary/aromatic N) is 1. The highest BCUT2D eigenvalue weighted by Crippen LogP contribution is 2.21. The van der Waals surface area contributed by atoms with E-state index < -0.39 is 0 Å². The molecule has 0 unspecified atom stereocenters. The molecule has 3 rings (SSSR count). The number of pyridine rings is 1. The molecule has 0 saturated carbocycles. The number of rotatable bonds is 4. The highest BCUT2D eigenvalue weighted by Gasteiger charge is 2.07. The van der Waals surface area contributed by atoms with Gasteiger partial charge in [-0.05, 0) is 35.9 Å². The smallest absolute Gasteiger partial charge is 0.255 e. The van der Waals surface area contributed by atoms with Gasteiger partial charge in [0.1, 0.15) is 5.75 Å². The van der Waals surface area contributed by atoms with E-state index in [1.165, 1.54) is 0 Å². The van der Waals surface area contributed by atoms with Gasteiger partial charge in [0.25, 0.3) is 5.91 Å². The van der Waals surface area contributed by atoms with Crippen molar-refractivity contribution in [2.24, 2.45) is 0 Å². The van der Waals surface area contributed by atoms with Crippen molar-refractivity contribution in [3.05, 3.63) is 78.6 Å². The van der Waals surface area contributed by atoms with Crippen LogP contribution in [0.3, 0.4) is 0 Å². The van der Waals surface area contributed by atoms with Gasteiger partial charge in [0.05, 0.1) is 19.0 Å². The van der Waals surface area contributed by atoms with Gasteiger partial charge in [-0.2, -0.15) is 0 Å². The van der Waals surface area contributed by atoms with Crippen LogP contribution in [0.5, 0.6) is 5.75 Å². The minimum atomic E-state index is -0.181. The molecule has 0 fully saturated rings. The van der Waals surface area contributed by atoms with Crippen LogP contribution in [0.2, 0.25) is 0 Å². The first-order valence-electron chi connectivity index (χ1n) is 7.22. The van der Waals surface area contributed by atoms with Gasteiger partial charge in [0.15, 0.2) is 0 Å². The van der Waals surface area contributed by atoms with Crippen molar-refractivity contribution in [3.63, 3.8) is 0 Å². The molecule has 0 atom stereocenters. The zero-order valence-electron chi connectivity index (χ0n) is 12.7. The molecule has 0 saturated heterocycles. The van der Waals surface area contributed by atoms with Crippen molar-refractivity contribution in [3.8, 4) is 16.9 Å². The number of carbonyl (C=O) groups is 1. The van der Waals surface area contributed by atoms with E-state index in [0.717, 1.165) is 11.1 Å². The molecule has 114 valence electrons. The van der Waals surface area contributed by atoms with E-state index in [-0.39, 0.29) is 5.91 Å². The lowest BCUT2D eigenvalue weighted by Gasteiger charge is -2.08. The fourth-order valence-electron chi connectivity index (χ4n) is 2.24. The van der Waals surface area contributed by atoms with Crippen LogP contribution in [0.4, 0.5) is 5.69 Å². The van der Waals surface area contributed by atoms with Crippen LogP contribution in [-0.2, 0) is 0 Å². The molecule has 1 amide bonds. The number of hydrogen-bond donors (Lipinski definition) is 1. The van der Waals surface area contributed by atoms with Gasteiger partial charge in [-0.3, -0.25) is 9.78 Å². The lowest BCUT2D eigenvalue weighted by atomic mass is 10.1. The monoisotopic (exact) mass is 304 g/mol. The predicted octanol–water partition coefficient (Wildman–Crippen LogP) is 4.01. The minimum Gasteiger partial charge on any atom is -0.497 e. The molecule has 0 aliphatic heterocycles. The van der Waals surface area contributed by atoms with Gasteiger partial charge in [-0.15, -0.1) is 0 Å². The maximum atomic E-state index is 12.3. The van der Waals surface area contributed by atoms with Gasteiger partial charge in [0.2, 0.25) is 0 Å². The normalized spacial score (nSPS) is 10.1. The number of nitrogens with one attached hydrogen (secondary N) is 1. The largest absolute Gasteiger partial charge is 0.497 e. The van der Waals surface area contributed by atoms with Crippen molar-refractivity contribution in [1.29, 1.82) is 0 Å². The second-order valence-corrected chi connectivity index (χ2v) is 5.01. The number of carbonyl (C=O) groups excluding carboxylic acids is 1. The van der Waals surface area contributed by atoms with Crippen molar-refractivity contribution >= 4 is 11.6 Å². The summed E-state index contributed by atoms with van der Waals surface area (Å²) in [6.07, 6.45) is 3.41. The van der Waals surface area contributed by atoms with Gasteiger partial charge in [-0.25, -0.2) is 0 Å². The summed E-state index contributed by atoms with van der Waals surface area (Å²) in [6, 6.07) is 18.8. The van der Waals surface area contributed by atoms with Crippen LogP contribution in [0, 0.1) is 0 Å². The van der Waals surface area contributed by atoms with E-state index in [2.05, 4.69) is 10.3 Å². The fraction of sp³-hybridized carbons (Fsp3) is 0.0526. The number of benzene rings is 2. The minimum absolute atomic E-state index is 0.181. The Bertz CT molecular complexity index is 799. The maximum absolute atomic E-state index is 12.3. The summed E-state index contributed by atoms with van der Waals surface area (Å²) in [5, 5.41) is 2.86. The Labute approximate surface area is 134 Å². The average molecular weight is 304 g/mol.